The van der Waals surface area contributed by atoms with Crippen LogP contribution in [-0.2, 0) is 4.74 Å². The molecule has 0 saturated heterocycles. The Balaban J connectivity index is 4.01. The summed E-state index contributed by atoms with van der Waals surface area (Å²) in [5.74, 6) is 0.518. The Labute approximate surface area is 87.4 Å². The van der Waals surface area contributed by atoms with Crippen LogP contribution in [0.4, 0.5) is 0 Å². The van der Waals surface area contributed by atoms with E-state index in [9.17, 15) is 0 Å². The summed E-state index contributed by atoms with van der Waals surface area (Å²) in [5, 5.41) is 12.2. The van der Waals surface area contributed by atoms with Gasteiger partial charge in [-0.1, -0.05) is 13.8 Å². The Hall–Kier alpha value is -0.590. The van der Waals surface area contributed by atoms with Crippen molar-refractivity contribution in [3.63, 3.8) is 0 Å². The van der Waals surface area contributed by atoms with Crippen LogP contribution in [0.1, 0.15) is 27.7 Å². The molecule has 3 heteroatoms. The fraction of sp³-hybridized carbons (Fsp3) is 0.909. The van der Waals surface area contributed by atoms with Gasteiger partial charge in [-0.05, 0) is 19.8 Å². The molecule has 0 amide bonds. The lowest BCUT2D eigenvalue weighted by atomic mass is 9.94. The highest BCUT2D eigenvalue weighted by molar-refractivity contribution is 4.94. The van der Waals surface area contributed by atoms with Crippen LogP contribution in [0.25, 0.3) is 0 Å². The molecule has 0 rings (SSSR count). The van der Waals surface area contributed by atoms with Crippen molar-refractivity contribution in [1.29, 1.82) is 5.26 Å². The van der Waals surface area contributed by atoms with Crippen molar-refractivity contribution in [3.8, 4) is 6.07 Å². The van der Waals surface area contributed by atoms with Crippen molar-refractivity contribution >= 4 is 0 Å². The molecule has 0 aliphatic carbocycles. The van der Waals surface area contributed by atoms with Crippen LogP contribution >= 0.6 is 0 Å². The van der Waals surface area contributed by atoms with E-state index in [0.717, 1.165) is 0 Å². The third-order valence-electron chi connectivity index (χ3n) is 2.26. The predicted octanol–water partition coefficient (Wildman–Crippen LogP) is 1.80. The van der Waals surface area contributed by atoms with Crippen LogP contribution in [0.5, 0.6) is 0 Å². The fourth-order valence-electron chi connectivity index (χ4n) is 1.09. The quantitative estimate of drug-likeness (QED) is 0.707. The number of rotatable bonds is 6. The minimum absolute atomic E-state index is 0.305. The molecule has 14 heavy (non-hydrogen) atoms. The molecular weight excluding hydrogens is 176 g/mol. The number of nitrogens with zero attached hydrogens (tertiary/aromatic N) is 1. The number of hydrogen-bond acceptors (Lipinski definition) is 3. The SMILES string of the molecule is COCC(NCC(C)(C)C#N)C(C)C. The summed E-state index contributed by atoms with van der Waals surface area (Å²) in [6.45, 7) is 9.56. The van der Waals surface area contributed by atoms with E-state index >= 15 is 0 Å². The Morgan fingerprint density at radius 1 is 1.43 bits per heavy atom. The summed E-state index contributed by atoms with van der Waals surface area (Å²) in [5.41, 5.74) is -0.305. The van der Waals surface area contributed by atoms with Crippen molar-refractivity contribution in [2.75, 3.05) is 20.3 Å². The van der Waals surface area contributed by atoms with Gasteiger partial charge in [0.15, 0.2) is 0 Å². The molecular formula is C11H22N2O. The number of ether oxygens (including phenoxy) is 1. The molecule has 3 nitrogen and oxygen atoms in total. The first-order valence-electron chi connectivity index (χ1n) is 5.06. The minimum atomic E-state index is -0.305. The second kappa shape index (κ2) is 6.00. The fourth-order valence-corrected chi connectivity index (χ4v) is 1.09. The summed E-state index contributed by atoms with van der Waals surface area (Å²) in [6.07, 6.45) is 0. The van der Waals surface area contributed by atoms with Crippen molar-refractivity contribution in [1.82, 2.24) is 5.32 Å². The highest BCUT2D eigenvalue weighted by atomic mass is 16.5. The third kappa shape index (κ3) is 5.21. The summed E-state index contributed by atoms with van der Waals surface area (Å²) >= 11 is 0. The molecule has 0 saturated carbocycles. The monoisotopic (exact) mass is 198 g/mol. The molecule has 0 bridgehead atoms. The van der Waals surface area contributed by atoms with Gasteiger partial charge in [-0.15, -0.1) is 0 Å². The van der Waals surface area contributed by atoms with E-state index in [1.165, 1.54) is 0 Å². The zero-order valence-electron chi connectivity index (χ0n) is 9.92. The van der Waals surface area contributed by atoms with Gasteiger partial charge in [-0.2, -0.15) is 5.26 Å². The molecule has 0 aliphatic rings. The van der Waals surface area contributed by atoms with Crippen molar-refractivity contribution < 1.29 is 4.74 Å². The van der Waals surface area contributed by atoms with Crippen molar-refractivity contribution in [2.45, 2.75) is 33.7 Å². The van der Waals surface area contributed by atoms with Crippen LogP contribution < -0.4 is 5.32 Å². The molecule has 0 radical (unpaired) electrons. The second-order valence-corrected chi connectivity index (χ2v) is 4.68. The number of methoxy groups -OCH3 is 1. The molecule has 0 aliphatic heterocycles. The van der Waals surface area contributed by atoms with E-state index in [0.29, 0.717) is 25.1 Å². The number of nitriles is 1. The van der Waals surface area contributed by atoms with Gasteiger partial charge in [-0.3, -0.25) is 0 Å². The van der Waals surface area contributed by atoms with Gasteiger partial charge in [-0.25, -0.2) is 0 Å². The van der Waals surface area contributed by atoms with Gasteiger partial charge >= 0.3 is 0 Å². The van der Waals surface area contributed by atoms with Crippen LogP contribution in [0, 0.1) is 22.7 Å². The molecule has 1 unspecified atom stereocenters. The van der Waals surface area contributed by atoms with E-state index in [-0.39, 0.29) is 5.41 Å². The van der Waals surface area contributed by atoms with Gasteiger partial charge in [0, 0.05) is 19.7 Å². The number of hydrogen-bond donors (Lipinski definition) is 1. The van der Waals surface area contributed by atoms with E-state index in [4.69, 9.17) is 10.00 Å². The number of nitrogens with one attached hydrogen (secondary N) is 1. The van der Waals surface area contributed by atoms with E-state index in [1.807, 2.05) is 13.8 Å². The van der Waals surface area contributed by atoms with E-state index < -0.39 is 0 Å². The average Bonchev–Trinajstić information content (AvgIpc) is 2.12. The Bertz CT molecular complexity index is 194. The van der Waals surface area contributed by atoms with Crippen LogP contribution in [0.15, 0.2) is 0 Å². The maximum Gasteiger partial charge on any atom is 0.0697 e. The lowest BCUT2D eigenvalue weighted by molar-refractivity contribution is 0.143. The Morgan fingerprint density at radius 2 is 2.00 bits per heavy atom. The maximum absolute atomic E-state index is 8.85. The van der Waals surface area contributed by atoms with Crippen LogP contribution in [-0.4, -0.2) is 26.3 Å². The van der Waals surface area contributed by atoms with Gasteiger partial charge in [0.1, 0.15) is 0 Å². The molecule has 0 aromatic carbocycles. The summed E-state index contributed by atoms with van der Waals surface area (Å²) in [7, 11) is 1.70. The summed E-state index contributed by atoms with van der Waals surface area (Å²) in [6, 6.07) is 2.60. The average molecular weight is 198 g/mol. The van der Waals surface area contributed by atoms with Gasteiger partial charge in [0.25, 0.3) is 0 Å². The highest BCUT2D eigenvalue weighted by Gasteiger charge is 2.20. The second-order valence-electron chi connectivity index (χ2n) is 4.68. The van der Waals surface area contributed by atoms with Gasteiger partial charge < -0.3 is 10.1 Å². The molecule has 82 valence electrons. The molecule has 0 aromatic rings. The third-order valence-corrected chi connectivity index (χ3v) is 2.26. The largest absolute Gasteiger partial charge is 0.383 e. The predicted molar refractivity (Wildman–Crippen MR) is 57.9 cm³/mol. The lowest BCUT2D eigenvalue weighted by Crippen LogP contribution is -2.42. The highest BCUT2D eigenvalue weighted by Crippen LogP contribution is 2.12. The lowest BCUT2D eigenvalue weighted by Gasteiger charge is -2.25. The first-order valence-corrected chi connectivity index (χ1v) is 5.06. The molecule has 1 N–H and O–H groups in total. The molecule has 0 fully saturated rings. The summed E-state index contributed by atoms with van der Waals surface area (Å²) in [4.78, 5) is 0. The normalized spacial score (nSPS) is 14.1. The molecule has 1 atom stereocenters. The van der Waals surface area contributed by atoms with E-state index in [2.05, 4.69) is 25.2 Å². The molecule has 0 aromatic heterocycles. The van der Waals surface area contributed by atoms with Gasteiger partial charge in [0.05, 0.1) is 18.1 Å². The maximum atomic E-state index is 8.85. The van der Waals surface area contributed by atoms with Crippen LogP contribution in [0.2, 0.25) is 0 Å². The van der Waals surface area contributed by atoms with Crippen molar-refractivity contribution in [2.24, 2.45) is 11.3 Å². The smallest absolute Gasteiger partial charge is 0.0697 e. The van der Waals surface area contributed by atoms with Gasteiger partial charge in [0.2, 0.25) is 0 Å². The standard InChI is InChI=1S/C11H22N2O/c1-9(2)10(6-14-5)13-8-11(3,4)7-12/h9-10,13H,6,8H2,1-5H3. The first kappa shape index (κ1) is 13.4. The minimum Gasteiger partial charge on any atom is -0.383 e. The Morgan fingerprint density at radius 3 is 2.36 bits per heavy atom. The van der Waals surface area contributed by atoms with E-state index in [1.54, 1.807) is 7.11 Å². The summed E-state index contributed by atoms with van der Waals surface area (Å²) < 4.78 is 5.12. The first-order chi connectivity index (χ1) is 6.43. The Kier molecular flexibility index (Phi) is 5.75. The van der Waals surface area contributed by atoms with Crippen LogP contribution in [0.3, 0.4) is 0 Å². The molecule has 0 heterocycles. The van der Waals surface area contributed by atoms with Crippen molar-refractivity contribution in [3.05, 3.63) is 0 Å². The zero-order chi connectivity index (χ0) is 11.2. The molecule has 0 spiro atoms. The topological polar surface area (TPSA) is 45.0 Å². The zero-order valence-corrected chi connectivity index (χ0v) is 9.92.